The van der Waals surface area contributed by atoms with E-state index in [1.54, 1.807) is 55.1 Å². The number of aromatic carboxylic acids is 1. The highest BCUT2D eigenvalue weighted by Gasteiger charge is 2.35. The number of aromatic hydroxyl groups is 1. The van der Waals surface area contributed by atoms with Crippen molar-refractivity contribution in [2.75, 3.05) is 0 Å². The van der Waals surface area contributed by atoms with Gasteiger partial charge < -0.3 is 23.8 Å². The number of pyridine rings is 1. The highest BCUT2D eigenvalue weighted by molar-refractivity contribution is 5.91. The summed E-state index contributed by atoms with van der Waals surface area (Å²) >= 11 is 0. The normalized spacial score (nSPS) is 11.9. The number of aryl methyl sites for hydroxylation is 3. The standard InChI is InChI=1S/C32H26F3N5O5/c1-4-20-13-25(27-9-10-28(45-27)32(33,34)35)40(37-20)21-6-7-24-23(14-21)36-29(22-12-19(31(43)44)5-8-26(22)41)39(24)16-18-11-17(2)30(42)38(3)15-18/h5-15,41H,4,16H2,1-3H3,(H,43,44). The van der Waals surface area contributed by atoms with Gasteiger partial charge in [0.1, 0.15) is 17.3 Å². The lowest BCUT2D eigenvalue weighted by Gasteiger charge is -2.13. The van der Waals surface area contributed by atoms with Crippen molar-refractivity contribution in [1.29, 1.82) is 0 Å². The van der Waals surface area contributed by atoms with Gasteiger partial charge in [0.25, 0.3) is 5.56 Å². The number of phenolic OH excluding ortho intramolecular Hbond substituents is 1. The SMILES string of the molecule is CCc1cc(-c2ccc(C(F)(F)F)o2)n(-c2ccc3c(c2)nc(-c2cc(C(=O)O)ccc2O)n3Cc2cc(C)c(=O)n(C)c2)n1. The molecular weight excluding hydrogens is 591 g/mol. The van der Waals surface area contributed by atoms with E-state index in [0.29, 0.717) is 40.1 Å². The predicted octanol–water partition coefficient (Wildman–Crippen LogP) is 6.19. The van der Waals surface area contributed by atoms with Crippen LogP contribution in [0.3, 0.4) is 0 Å². The number of rotatable bonds is 7. The largest absolute Gasteiger partial charge is 0.507 e. The summed E-state index contributed by atoms with van der Waals surface area (Å²) in [5.41, 5.74) is 3.75. The van der Waals surface area contributed by atoms with Crippen molar-refractivity contribution in [1.82, 2.24) is 23.9 Å². The number of phenols is 1. The molecule has 0 aliphatic carbocycles. The molecule has 0 unspecified atom stereocenters. The Labute approximate surface area is 253 Å². The molecule has 6 aromatic rings. The van der Waals surface area contributed by atoms with Gasteiger partial charge in [0.2, 0.25) is 5.76 Å². The Balaban J connectivity index is 1.54. The molecule has 0 radical (unpaired) electrons. The fourth-order valence-corrected chi connectivity index (χ4v) is 5.30. The molecule has 0 atom stereocenters. The molecule has 0 aliphatic heterocycles. The third kappa shape index (κ3) is 5.37. The van der Waals surface area contributed by atoms with Crippen molar-refractivity contribution in [2.45, 2.75) is 33.0 Å². The van der Waals surface area contributed by atoms with Crippen LogP contribution >= 0.6 is 0 Å². The van der Waals surface area contributed by atoms with Crippen LogP contribution in [0.4, 0.5) is 13.2 Å². The molecule has 0 saturated heterocycles. The Bertz CT molecular complexity index is 2140. The fraction of sp³-hybridized carbons (Fsp3) is 0.188. The summed E-state index contributed by atoms with van der Waals surface area (Å²) in [5.74, 6) is -2.24. The van der Waals surface area contributed by atoms with Crippen LogP contribution in [0.2, 0.25) is 0 Å². The van der Waals surface area contributed by atoms with Crippen molar-refractivity contribution in [3.63, 3.8) is 0 Å². The number of aromatic nitrogens is 5. The number of fused-ring (bicyclic) bond motifs is 1. The molecule has 230 valence electrons. The molecule has 6 rings (SSSR count). The molecule has 0 amide bonds. The molecule has 4 aromatic heterocycles. The maximum absolute atomic E-state index is 13.3. The van der Waals surface area contributed by atoms with E-state index < -0.39 is 17.9 Å². The second-order valence-corrected chi connectivity index (χ2v) is 10.6. The van der Waals surface area contributed by atoms with Crippen LogP contribution in [0, 0.1) is 6.92 Å². The fourth-order valence-electron chi connectivity index (χ4n) is 5.30. The Morgan fingerprint density at radius 2 is 1.82 bits per heavy atom. The van der Waals surface area contributed by atoms with E-state index in [4.69, 9.17) is 9.40 Å². The van der Waals surface area contributed by atoms with Gasteiger partial charge in [-0.25, -0.2) is 14.5 Å². The van der Waals surface area contributed by atoms with Crippen LogP contribution in [0.1, 0.15) is 39.9 Å². The molecule has 0 aliphatic rings. The summed E-state index contributed by atoms with van der Waals surface area (Å²) in [4.78, 5) is 28.9. The second kappa shape index (κ2) is 10.8. The number of hydrogen-bond acceptors (Lipinski definition) is 6. The molecule has 0 fully saturated rings. The van der Waals surface area contributed by atoms with E-state index in [1.807, 2.05) is 6.92 Å². The molecule has 0 saturated carbocycles. The first kappa shape index (κ1) is 29.5. The number of carboxylic acid groups (broad SMARTS) is 1. The number of carboxylic acids is 1. The first-order chi connectivity index (χ1) is 21.3. The molecule has 4 heterocycles. The lowest BCUT2D eigenvalue weighted by molar-refractivity contribution is -0.152. The number of furan rings is 1. The Hall–Kier alpha value is -5.59. The average Bonchev–Trinajstić information content (AvgIpc) is 3.73. The maximum Gasteiger partial charge on any atom is 0.449 e. The van der Waals surface area contributed by atoms with E-state index in [0.717, 1.165) is 11.6 Å². The van der Waals surface area contributed by atoms with Crippen molar-refractivity contribution < 1.29 is 32.6 Å². The highest BCUT2D eigenvalue weighted by Crippen LogP contribution is 2.36. The lowest BCUT2D eigenvalue weighted by atomic mass is 10.1. The van der Waals surface area contributed by atoms with Gasteiger partial charge in [-0.3, -0.25) is 4.79 Å². The van der Waals surface area contributed by atoms with Crippen molar-refractivity contribution in [3.8, 4) is 34.3 Å². The minimum atomic E-state index is -4.65. The monoisotopic (exact) mass is 617 g/mol. The summed E-state index contributed by atoms with van der Waals surface area (Å²) in [5, 5.41) is 25.0. The maximum atomic E-state index is 13.3. The van der Waals surface area contributed by atoms with Crippen molar-refractivity contribution >= 4 is 17.0 Å². The number of alkyl halides is 3. The van der Waals surface area contributed by atoms with Crippen LogP contribution in [0.15, 0.2) is 76.1 Å². The third-order valence-corrected chi connectivity index (χ3v) is 7.48. The summed E-state index contributed by atoms with van der Waals surface area (Å²) in [6.45, 7) is 3.79. The number of halogens is 3. The van der Waals surface area contributed by atoms with E-state index >= 15 is 0 Å². The van der Waals surface area contributed by atoms with Crippen molar-refractivity contribution in [3.05, 3.63) is 105 Å². The van der Waals surface area contributed by atoms with Crippen LogP contribution in [-0.4, -0.2) is 40.1 Å². The summed E-state index contributed by atoms with van der Waals surface area (Å²) in [6.07, 6.45) is -2.44. The van der Waals surface area contributed by atoms with E-state index in [-0.39, 0.29) is 40.6 Å². The minimum Gasteiger partial charge on any atom is -0.507 e. The number of hydrogen-bond donors (Lipinski definition) is 2. The highest BCUT2D eigenvalue weighted by atomic mass is 19.4. The zero-order valence-corrected chi connectivity index (χ0v) is 24.3. The smallest absolute Gasteiger partial charge is 0.449 e. The quantitative estimate of drug-likeness (QED) is 0.219. The average molecular weight is 618 g/mol. The van der Waals surface area contributed by atoms with E-state index in [9.17, 15) is 33.0 Å². The van der Waals surface area contributed by atoms with Crippen LogP contribution in [0.25, 0.3) is 39.6 Å². The summed E-state index contributed by atoms with van der Waals surface area (Å²) in [6, 6.07) is 14.6. The van der Waals surface area contributed by atoms with Crippen LogP contribution in [0.5, 0.6) is 5.75 Å². The molecule has 2 aromatic carbocycles. The topological polar surface area (TPSA) is 128 Å². The van der Waals surface area contributed by atoms with Gasteiger partial charge in [0.15, 0.2) is 5.76 Å². The van der Waals surface area contributed by atoms with Gasteiger partial charge in [-0.15, -0.1) is 0 Å². The molecule has 0 spiro atoms. The molecule has 2 N–H and O–H groups in total. The molecule has 0 bridgehead atoms. The number of imidazole rings is 1. The predicted molar refractivity (Wildman–Crippen MR) is 159 cm³/mol. The van der Waals surface area contributed by atoms with Crippen LogP contribution < -0.4 is 5.56 Å². The van der Waals surface area contributed by atoms with Gasteiger partial charge in [-0.1, -0.05) is 6.92 Å². The van der Waals surface area contributed by atoms with E-state index in [1.165, 1.54) is 33.5 Å². The molecule has 13 heteroatoms. The lowest BCUT2D eigenvalue weighted by Crippen LogP contribution is -2.20. The van der Waals surface area contributed by atoms with Gasteiger partial charge >= 0.3 is 12.1 Å². The van der Waals surface area contributed by atoms with Gasteiger partial charge in [-0.05, 0) is 79.6 Å². The van der Waals surface area contributed by atoms with Crippen molar-refractivity contribution in [2.24, 2.45) is 7.05 Å². The molecule has 10 nitrogen and oxygen atoms in total. The number of carbonyl (C=O) groups is 1. The van der Waals surface area contributed by atoms with Gasteiger partial charge in [0.05, 0.1) is 40.1 Å². The number of nitrogens with zero attached hydrogens (tertiary/aromatic N) is 5. The Morgan fingerprint density at radius 3 is 2.49 bits per heavy atom. The third-order valence-electron chi connectivity index (χ3n) is 7.48. The first-order valence-corrected chi connectivity index (χ1v) is 13.8. The molecule has 45 heavy (non-hydrogen) atoms. The Morgan fingerprint density at radius 1 is 1.04 bits per heavy atom. The summed E-state index contributed by atoms with van der Waals surface area (Å²) < 4.78 is 49.8. The number of benzene rings is 2. The zero-order chi connectivity index (χ0) is 32.2. The minimum absolute atomic E-state index is 0.0127. The second-order valence-electron chi connectivity index (χ2n) is 10.6. The Kier molecular flexibility index (Phi) is 7.10. The van der Waals surface area contributed by atoms with E-state index in [2.05, 4.69) is 5.10 Å². The van der Waals surface area contributed by atoms with Gasteiger partial charge in [0, 0.05) is 18.8 Å². The summed E-state index contributed by atoms with van der Waals surface area (Å²) in [7, 11) is 1.64. The van der Waals surface area contributed by atoms with Crippen LogP contribution in [-0.2, 0) is 26.2 Å². The van der Waals surface area contributed by atoms with Gasteiger partial charge in [-0.2, -0.15) is 18.3 Å². The molecular formula is C32H26F3N5O5. The first-order valence-electron chi connectivity index (χ1n) is 13.8. The zero-order valence-electron chi connectivity index (χ0n) is 24.3.